The second-order valence-corrected chi connectivity index (χ2v) is 9.55. The van der Waals surface area contributed by atoms with Crippen LogP contribution < -0.4 is 4.72 Å². The van der Waals surface area contributed by atoms with Gasteiger partial charge >= 0.3 is 5.97 Å². The van der Waals surface area contributed by atoms with Gasteiger partial charge in [0.1, 0.15) is 15.9 Å². The molecule has 166 valence electrons. The highest BCUT2D eigenvalue weighted by molar-refractivity contribution is 7.93. The Morgan fingerprint density at radius 2 is 1.85 bits per heavy atom. The van der Waals surface area contributed by atoms with Crippen LogP contribution in [0, 0.1) is 0 Å². The van der Waals surface area contributed by atoms with E-state index in [2.05, 4.69) is 18.5 Å². The minimum absolute atomic E-state index is 0.0463. The van der Waals surface area contributed by atoms with Crippen molar-refractivity contribution in [2.75, 3.05) is 4.72 Å². The Hall–Kier alpha value is -3.83. The van der Waals surface area contributed by atoms with Crippen molar-refractivity contribution >= 4 is 55.5 Å². The van der Waals surface area contributed by atoms with Crippen molar-refractivity contribution < 1.29 is 18.3 Å². The van der Waals surface area contributed by atoms with Gasteiger partial charge in [-0.05, 0) is 35.9 Å². The summed E-state index contributed by atoms with van der Waals surface area (Å²) in [5.41, 5.74) is 3.24. The highest BCUT2D eigenvalue weighted by atomic mass is 32.2. The first kappa shape index (κ1) is 21.0. The highest BCUT2D eigenvalue weighted by Gasteiger charge is 2.22. The second kappa shape index (κ2) is 8.26. The summed E-state index contributed by atoms with van der Waals surface area (Å²) in [6.45, 7) is 0. The van der Waals surface area contributed by atoms with Crippen molar-refractivity contribution in [1.29, 1.82) is 0 Å². The fraction of sp³-hybridized carbons (Fsp3) is 0.0909. The zero-order valence-electron chi connectivity index (χ0n) is 17.0. The van der Waals surface area contributed by atoms with Crippen molar-refractivity contribution in [2.45, 2.75) is 17.4 Å². The molecule has 0 spiro atoms. The number of aliphatic carboxylic acids is 1. The number of imidazole rings is 1. The lowest BCUT2D eigenvalue weighted by Crippen LogP contribution is -2.15. The first-order valence-corrected chi connectivity index (χ1v) is 12.1. The normalized spacial score (nSPS) is 12.7. The number of carboxylic acids is 1. The fourth-order valence-corrected chi connectivity index (χ4v) is 5.59. The van der Waals surface area contributed by atoms with Gasteiger partial charge in [-0.25, -0.2) is 13.4 Å². The molecule has 2 heterocycles. The number of carboxylic acid groups (broad SMARTS) is 1. The van der Waals surface area contributed by atoms with E-state index < -0.39 is 22.0 Å². The Bertz CT molecular complexity index is 1580. The molecule has 3 aromatic carbocycles. The van der Waals surface area contributed by atoms with Gasteiger partial charge in [0.05, 0.1) is 47.2 Å². The van der Waals surface area contributed by atoms with E-state index in [4.69, 9.17) is 0 Å². The summed E-state index contributed by atoms with van der Waals surface area (Å²) in [5.74, 6) is -0.930. The molecule has 5 rings (SSSR count). The first-order valence-electron chi connectivity index (χ1n) is 9.90. The van der Waals surface area contributed by atoms with Crippen LogP contribution in [-0.2, 0) is 14.8 Å². The van der Waals surface area contributed by atoms with Crippen molar-refractivity contribution in [1.82, 2.24) is 18.3 Å². The Kier molecular flexibility index (Phi) is 5.27. The lowest BCUT2D eigenvalue weighted by Gasteiger charge is -2.18. The van der Waals surface area contributed by atoms with E-state index in [1.807, 2.05) is 30.3 Å². The molecule has 0 radical (unpaired) electrons. The first-order chi connectivity index (χ1) is 15.9. The van der Waals surface area contributed by atoms with Crippen LogP contribution in [0.2, 0.25) is 0 Å². The van der Waals surface area contributed by atoms with Crippen molar-refractivity contribution in [3.63, 3.8) is 0 Å². The lowest BCUT2D eigenvalue weighted by atomic mass is 10.0. The number of carbonyl (C=O) groups is 1. The molecule has 1 atom stereocenters. The molecule has 0 aliphatic heterocycles. The summed E-state index contributed by atoms with van der Waals surface area (Å²) in [6.07, 6.45) is 1.46. The average molecular weight is 480 g/mol. The summed E-state index contributed by atoms with van der Waals surface area (Å²) < 4.78 is 38.6. The lowest BCUT2D eigenvalue weighted by molar-refractivity contribution is -0.137. The van der Waals surface area contributed by atoms with Gasteiger partial charge in [-0.15, -0.1) is 0 Å². The number of hydrogen-bond acceptors (Lipinski definition) is 7. The zero-order chi connectivity index (χ0) is 23.0. The van der Waals surface area contributed by atoms with E-state index in [1.54, 1.807) is 41.2 Å². The van der Waals surface area contributed by atoms with Crippen LogP contribution in [0.4, 0.5) is 5.69 Å². The van der Waals surface area contributed by atoms with Crippen LogP contribution in [0.5, 0.6) is 0 Å². The number of fused-ring (bicyclic) bond motifs is 2. The van der Waals surface area contributed by atoms with E-state index in [-0.39, 0.29) is 11.3 Å². The molecule has 0 saturated heterocycles. The van der Waals surface area contributed by atoms with Crippen LogP contribution in [0.25, 0.3) is 22.1 Å². The standard InChI is InChI=1S/C22H17N5O4S2/c28-21(29)12-19(14-5-2-1-3-6-14)27-13-23-17-11-15(9-10-18(17)27)26-33(30,31)20-8-4-7-16-22(20)25-32-24-16/h1-11,13,19,26H,12H2,(H,28,29). The molecule has 11 heteroatoms. The summed E-state index contributed by atoms with van der Waals surface area (Å²) in [4.78, 5) is 16.0. The van der Waals surface area contributed by atoms with Gasteiger partial charge in [0.15, 0.2) is 0 Å². The predicted octanol–water partition coefficient (Wildman–Crippen LogP) is 3.91. The number of anilines is 1. The summed E-state index contributed by atoms with van der Waals surface area (Å²) in [7, 11) is -3.91. The number of nitrogens with zero attached hydrogens (tertiary/aromatic N) is 4. The second-order valence-electron chi connectivity index (χ2n) is 7.37. The number of sulfonamides is 1. The molecule has 0 amide bonds. The molecule has 0 aliphatic carbocycles. The molecule has 5 aromatic rings. The molecule has 0 saturated carbocycles. The van der Waals surface area contributed by atoms with E-state index >= 15 is 0 Å². The maximum absolute atomic E-state index is 13.0. The van der Waals surface area contributed by atoms with Crippen LogP contribution in [0.3, 0.4) is 0 Å². The van der Waals surface area contributed by atoms with E-state index in [0.29, 0.717) is 27.8 Å². The maximum atomic E-state index is 13.0. The topological polar surface area (TPSA) is 127 Å². The average Bonchev–Trinajstić information content (AvgIpc) is 3.44. The zero-order valence-corrected chi connectivity index (χ0v) is 18.6. The summed E-state index contributed by atoms with van der Waals surface area (Å²) in [5, 5.41) is 9.44. The number of benzene rings is 3. The molecule has 0 fully saturated rings. The van der Waals surface area contributed by atoms with Gasteiger partial charge in [-0.3, -0.25) is 9.52 Å². The van der Waals surface area contributed by atoms with E-state index in [0.717, 1.165) is 17.3 Å². The van der Waals surface area contributed by atoms with Gasteiger partial charge in [0, 0.05) is 0 Å². The monoisotopic (exact) mass is 479 g/mol. The summed E-state index contributed by atoms with van der Waals surface area (Å²) in [6, 6.07) is 18.6. The third-order valence-electron chi connectivity index (χ3n) is 5.25. The minimum atomic E-state index is -3.91. The van der Waals surface area contributed by atoms with Crippen LogP contribution >= 0.6 is 11.7 Å². The molecule has 1 unspecified atom stereocenters. The SMILES string of the molecule is O=C(O)CC(c1ccccc1)n1cnc2cc(NS(=O)(=O)c3cccc4nsnc34)ccc21. The Morgan fingerprint density at radius 1 is 1.03 bits per heavy atom. The smallest absolute Gasteiger partial charge is 0.305 e. The quantitative estimate of drug-likeness (QED) is 0.362. The van der Waals surface area contributed by atoms with Crippen molar-refractivity contribution in [3.8, 4) is 0 Å². The summed E-state index contributed by atoms with van der Waals surface area (Å²) >= 11 is 0.952. The Labute approximate surface area is 192 Å². The Balaban J connectivity index is 1.50. The van der Waals surface area contributed by atoms with Crippen LogP contribution in [0.15, 0.2) is 78.0 Å². The van der Waals surface area contributed by atoms with E-state index in [1.165, 1.54) is 6.07 Å². The number of rotatable bonds is 7. The molecule has 2 aromatic heterocycles. The van der Waals surface area contributed by atoms with Crippen LogP contribution in [-0.4, -0.2) is 37.8 Å². The van der Waals surface area contributed by atoms with Gasteiger partial charge in [-0.2, -0.15) is 8.75 Å². The number of nitrogens with one attached hydrogen (secondary N) is 1. The number of aromatic nitrogens is 4. The molecular formula is C22H17N5O4S2. The number of hydrogen-bond donors (Lipinski definition) is 2. The Morgan fingerprint density at radius 3 is 2.64 bits per heavy atom. The minimum Gasteiger partial charge on any atom is -0.481 e. The molecule has 2 N–H and O–H groups in total. The van der Waals surface area contributed by atoms with Gasteiger partial charge in [0.2, 0.25) is 0 Å². The van der Waals surface area contributed by atoms with Gasteiger partial charge in [-0.1, -0.05) is 36.4 Å². The predicted molar refractivity (Wildman–Crippen MR) is 125 cm³/mol. The fourth-order valence-electron chi connectivity index (χ4n) is 3.77. The highest BCUT2D eigenvalue weighted by Crippen LogP contribution is 2.29. The van der Waals surface area contributed by atoms with Gasteiger partial charge in [0.25, 0.3) is 10.0 Å². The molecular weight excluding hydrogens is 462 g/mol. The molecule has 33 heavy (non-hydrogen) atoms. The third-order valence-corrected chi connectivity index (χ3v) is 7.21. The molecule has 9 nitrogen and oxygen atoms in total. The molecule has 0 bridgehead atoms. The molecule has 0 aliphatic rings. The maximum Gasteiger partial charge on any atom is 0.305 e. The van der Waals surface area contributed by atoms with Crippen LogP contribution in [0.1, 0.15) is 18.0 Å². The van der Waals surface area contributed by atoms with E-state index in [9.17, 15) is 18.3 Å². The van der Waals surface area contributed by atoms with Crippen molar-refractivity contribution in [2.24, 2.45) is 0 Å². The largest absolute Gasteiger partial charge is 0.481 e. The van der Waals surface area contributed by atoms with Crippen molar-refractivity contribution in [3.05, 3.63) is 78.6 Å². The third kappa shape index (κ3) is 4.03. The van der Waals surface area contributed by atoms with Gasteiger partial charge < -0.3 is 9.67 Å².